The lowest BCUT2D eigenvalue weighted by atomic mass is 9.80. The Balaban J connectivity index is 2.34. The molecule has 0 saturated heterocycles. The topological polar surface area (TPSA) is 29.5 Å². The first kappa shape index (κ1) is 10.6. The third kappa shape index (κ3) is 1.77. The zero-order valence-corrected chi connectivity index (χ0v) is 8.79. The number of benzene rings is 1. The summed E-state index contributed by atoms with van der Waals surface area (Å²) in [6, 6.07) is 5.09. The van der Waals surface area contributed by atoms with Crippen LogP contribution in [0.4, 0.5) is 4.39 Å². The second kappa shape index (κ2) is 3.91. The Labute approximate surface area is 88.7 Å². The second-order valence-corrected chi connectivity index (χ2v) is 4.10. The SMILES string of the molecule is COC1(CO)CCc2c(F)cccc2C1. The third-order valence-corrected chi connectivity index (χ3v) is 3.28. The lowest BCUT2D eigenvalue weighted by molar-refractivity contribution is -0.0609. The number of fused-ring (bicyclic) bond motifs is 1. The minimum Gasteiger partial charge on any atom is -0.393 e. The van der Waals surface area contributed by atoms with Crippen molar-refractivity contribution in [2.24, 2.45) is 0 Å². The van der Waals surface area contributed by atoms with E-state index in [0.29, 0.717) is 19.3 Å². The molecule has 0 spiro atoms. The van der Waals surface area contributed by atoms with Gasteiger partial charge in [-0.2, -0.15) is 0 Å². The molecule has 15 heavy (non-hydrogen) atoms. The molecule has 2 nitrogen and oxygen atoms in total. The minimum atomic E-state index is -0.513. The lowest BCUT2D eigenvalue weighted by Crippen LogP contribution is -2.41. The van der Waals surface area contributed by atoms with E-state index in [1.165, 1.54) is 6.07 Å². The first-order chi connectivity index (χ1) is 7.21. The number of rotatable bonds is 2. The minimum absolute atomic E-state index is 0.0144. The molecule has 1 N–H and O–H groups in total. The summed E-state index contributed by atoms with van der Waals surface area (Å²) in [4.78, 5) is 0. The molecule has 0 fully saturated rings. The predicted molar refractivity (Wildman–Crippen MR) is 55.3 cm³/mol. The molecule has 0 aromatic heterocycles. The predicted octanol–water partition coefficient (Wildman–Crippen LogP) is 1.69. The number of hydrogen-bond donors (Lipinski definition) is 1. The van der Waals surface area contributed by atoms with Crippen molar-refractivity contribution in [3.63, 3.8) is 0 Å². The van der Waals surface area contributed by atoms with Crippen LogP contribution in [-0.2, 0) is 17.6 Å². The van der Waals surface area contributed by atoms with Crippen LogP contribution in [0, 0.1) is 5.82 Å². The highest BCUT2D eigenvalue weighted by atomic mass is 19.1. The Kier molecular flexibility index (Phi) is 2.76. The van der Waals surface area contributed by atoms with Crippen molar-refractivity contribution >= 4 is 0 Å². The van der Waals surface area contributed by atoms with Gasteiger partial charge in [-0.25, -0.2) is 4.39 Å². The number of methoxy groups -OCH3 is 1. The van der Waals surface area contributed by atoms with Crippen molar-refractivity contribution in [3.8, 4) is 0 Å². The number of aliphatic hydroxyl groups excluding tert-OH is 1. The Bertz CT molecular complexity index is 359. The first-order valence-corrected chi connectivity index (χ1v) is 5.13. The van der Waals surface area contributed by atoms with Gasteiger partial charge < -0.3 is 9.84 Å². The summed E-state index contributed by atoms with van der Waals surface area (Å²) in [7, 11) is 1.60. The summed E-state index contributed by atoms with van der Waals surface area (Å²) in [6.45, 7) is -0.0144. The molecule has 1 unspecified atom stereocenters. The fourth-order valence-corrected chi connectivity index (χ4v) is 2.21. The van der Waals surface area contributed by atoms with Gasteiger partial charge in [-0.3, -0.25) is 0 Å². The average Bonchev–Trinajstić information content (AvgIpc) is 2.29. The normalized spacial score (nSPS) is 25.0. The van der Waals surface area contributed by atoms with E-state index in [0.717, 1.165) is 11.1 Å². The molecule has 0 saturated carbocycles. The molecule has 82 valence electrons. The van der Waals surface area contributed by atoms with Crippen molar-refractivity contribution in [2.75, 3.05) is 13.7 Å². The maximum atomic E-state index is 13.4. The molecule has 0 heterocycles. The molecular weight excluding hydrogens is 195 g/mol. The van der Waals surface area contributed by atoms with Gasteiger partial charge in [-0.15, -0.1) is 0 Å². The van der Waals surface area contributed by atoms with E-state index in [1.807, 2.05) is 6.07 Å². The molecule has 3 heteroatoms. The van der Waals surface area contributed by atoms with Crippen LogP contribution in [0.25, 0.3) is 0 Å². The van der Waals surface area contributed by atoms with Crippen molar-refractivity contribution in [1.29, 1.82) is 0 Å². The summed E-state index contributed by atoms with van der Waals surface area (Å²) in [5.74, 6) is -0.143. The van der Waals surface area contributed by atoms with Gasteiger partial charge in [0.1, 0.15) is 5.82 Å². The second-order valence-electron chi connectivity index (χ2n) is 4.10. The molecule has 1 aromatic carbocycles. The monoisotopic (exact) mass is 210 g/mol. The highest BCUT2D eigenvalue weighted by Crippen LogP contribution is 2.32. The Morgan fingerprint density at radius 3 is 3.00 bits per heavy atom. The molecule has 1 aliphatic carbocycles. The van der Waals surface area contributed by atoms with Crippen LogP contribution < -0.4 is 0 Å². The van der Waals surface area contributed by atoms with Crippen molar-refractivity contribution in [1.82, 2.24) is 0 Å². The van der Waals surface area contributed by atoms with Crippen LogP contribution in [0.1, 0.15) is 17.5 Å². The highest BCUT2D eigenvalue weighted by Gasteiger charge is 2.34. The first-order valence-electron chi connectivity index (χ1n) is 5.13. The zero-order valence-electron chi connectivity index (χ0n) is 8.79. The molecule has 0 bridgehead atoms. The van der Waals surface area contributed by atoms with Gasteiger partial charge in [0.05, 0.1) is 12.2 Å². The number of ether oxygens (including phenoxy) is 1. The van der Waals surface area contributed by atoms with Crippen LogP contribution in [0.5, 0.6) is 0 Å². The van der Waals surface area contributed by atoms with Gasteiger partial charge in [0.25, 0.3) is 0 Å². The van der Waals surface area contributed by atoms with Crippen LogP contribution in [0.3, 0.4) is 0 Å². The summed E-state index contributed by atoms with van der Waals surface area (Å²) < 4.78 is 18.8. The van der Waals surface area contributed by atoms with E-state index >= 15 is 0 Å². The van der Waals surface area contributed by atoms with E-state index < -0.39 is 5.60 Å². The van der Waals surface area contributed by atoms with Gasteiger partial charge >= 0.3 is 0 Å². The van der Waals surface area contributed by atoms with Crippen molar-refractivity contribution in [2.45, 2.75) is 24.9 Å². The molecule has 1 atom stereocenters. The Hall–Kier alpha value is -0.930. The third-order valence-electron chi connectivity index (χ3n) is 3.28. The van der Waals surface area contributed by atoms with Gasteiger partial charge in [0.2, 0.25) is 0 Å². The van der Waals surface area contributed by atoms with E-state index in [4.69, 9.17) is 4.74 Å². The summed E-state index contributed by atoms with van der Waals surface area (Å²) in [5, 5.41) is 9.32. The van der Waals surface area contributed by atoms with Crippen molar-refractivity contribution < 1.29 is 14.2 Å². The largest absolute Gasteiger partial charge is 0.393 e. The maximum Gasteiger partial charge on any atom is 0.126 e. The molecule has 1 aliphatic rings. The molecule has 1 aromatic rings. The van der Waals surface area contributed by atoms with E-state index in [2.05, 4.69) is 0 Å². The standard InChI is InChI=1S/C12H15FO2/c1-15-12(8-14)6-5-10-9(7-12)3-2-4-11(10)13/h2-4,14H,5-8H2,1H3. The average molecular weight is 210 g/mol. The number of halogens is 1. The summed E-state index contributed by atoms with van der Waals surface area (Å²) in [5.41, 5.74) is 1.22. The van der Waals surface area contributed by atoms with Crippen LogP contribution >= 0.6 is 0 Å². The quantitative estimate of drug-likeness (QED) is 0.805. The Morgan fingerprint density at radius 1 is 1.53 bits per heavy atom. The number of hydrogen-bond acceptors (Lipinski definition) is 2. The highest BCUT2D eigenvalue weighted by molar-refractivity contribution is 5.33. The fraction of sp³-hybridized carbons (Fsp3) is 0.500. The van der Waals surface area contributed by atoms with Gasteiger partial charge in [0, 0.05) is 13.5 Å². The van der Waals surface area contributed by atoms with Gasteiger partial charge in [-0.05, 0) is 30.0 Å². The summed E-state index contributed by atoms with van der Waals surface area (Å²) in [6.07, 6.45) is 1.90. The van der Waals surface area contributed by atoms with Crippen LogP contribution in [0.2, 0.25) is 0 Å². The summed E-state index contributed by atoms with van der Waals surface area (Å²) >= 11 is 0. The van der Waals surface area contributed by atoms with Gasteiger partial charge in [-0.1, -0.05) is 12.1 Å². The molecule has 0 aliphatic heterocycles. The zero-order chi connectivity index (χ0) is 10.9. The lowest BCUT2D eigenvalue weighted by Gasteiger charge is -2.35. The fourth-order valence-electron chi connectivity index (χ4n) is 2.21. The van der Waals surface area contributed by atoms with E-state index in [1.54, 1.807) is 13.2 Å². The maximum absolute atomic E-state index is 13.4. The molecule has 2 rings (SSSR count). The van der Waals surface area contributed by atoms with E-state index in [-0.39, 0.29) is 12.4 Å². The van der Waals surface area contributed by atoms with E-state index in [9.17, 15) is 9.50 Å². The van der Waals surface area contributed by atoms with Crippen molar-refractivity contribution in [3.05, 3.63) is 35.1 Å². The number of aliphatic hydroxyl groups is 1. The van der Waals surface area contributed by atoms with Gasteiger partial charge in [0.15, 0.2) is 0 Å². The van der Waals surface area contributed by atoms with Crippen LogP contribution in [-0.4, -0.2) is 24.4 Å². The molecule has 0 radical (unpaired) electrons. The Morgan fingerprint density at radius 2 is 2.33 bits per heavy atom. The molecule has 0 amide bonds. The molecular formula is C12H15FO2. The smallest absolute Gasteiger partial charge is 0.126 e. The van der Waals surface area contributed by atoms with Crippen LogP contribution in [0.15, 0.2) is 18.2 Å².